The number of nitrogens with one attached hydrogen (secondary N) is 1. The van der Waals surface area contributed by atoms with Crippen LogP contribution in [0.15, 0.2) is 48.5 Å². The van der Waals surface area contributed by atoms with E-state index in [9.17, 15) is 4.79 Å². The van der Waals surface area contributed by atoms with Gasteiger partial charge in [-0.1, -0.05) is 48.5 Å². The summed E-state index contributed by atoms with van der Waals surface area (Å²) >= 11 is 0. The maximum absolute atomic E-state index is 12.1. The highest BCUT2D eigenvalue weighted by Crippen LogP contribution is 2.44. The van der Waals surface area contributed by atoms with Crippen LogP contribution in [0.5, 0.6) is 0 Å². The molecule has 3 rings (SSSR count). The van der Waals surface area contributed by atoms with Gasteiger partial charge in [0.2, 0.25) is 0 Å². The van der Waals surface area contributed by atoms with Crippen LogP contribution in [0.3, 0.4) is 0 Å². The van der Waals surface area contributed by atoms with Crippen molar-refractivity contribution in [2.24, 2.45) is 0 Å². The Hall–Kier alpha value is -2.49. The molecule has 2 N–H and O–H groups in total. The third kappa shape index (κ3) is 8.10. The van der Waals surface area contributed by atoms with E-state index in [0.29, 0.717) is 66.0 Å². The molecule has 1 aliphatic carbocycles. The molecule has 180 valence electrons. The fraction of sp³-hybridized carbons (Fsp3) is 0.480. The zero-order chi connectivity index (χ0) is 23.1. The first-order valence-corrected chi connectivity index (χ1v) is 11.3. The van der Waals surface area contributed by atoms with Gasteiger partial charge in [-0.15, -0.1) is 0 Å². The molecule has 1 aliphatic rings. The van der Waals surface area contributed by atoms with Gasteiger partial charge in [-0.2, -0.15) is 0 Å². The van der Waals surface area contributed by atoms with Crippen LogP contribution in [-0.2, 0) is 23.7 Å². The summed E-state index contributed by atoms with van der Waals surface area (Å²) in [5, 5.41) is 11.3. The van der Waals surface area contributed by atoms with Gasteiger partial charge in [0, 0.05) is 12.5 Å². The maximum atomic E-state index is 12.1. The SMILES string of the molecule is O=C(NCCOCCOCCOCCOCCO)OCC1c2ccccc2-c2ccccc21. The number of amides is 1. The lowest BCUT2D eigenvalue weighted by atomic mass is 9.98. The Morgan fingerprint density at radius 2 is 1.21 bits per heavy atom. The lowest BCUT2D eigenvalue weighted by Crippen LogP contribution is -2.29. The standard InChI is InChI=1S/C25H33NO7/c27-10-12-30-14-16-32-18-17-31-15-13-29-11-9-26-25(28)33-19-24-22-7-3-1-5-20(22)21-6-2-4-8-23(21)24/h1-8,24,27H,9-19H2,(H,26,28). The van der Waals surface area contributed by atoms with E-state index in [-0.39, 0.29) is 12.5 Å². The molecule has 2 aromatic carbocycles. The van der Waals surface area contributed by atoms with Gasteiger partial charge < -0.3 is 34.1 Å². The average molecular weight is 460 g/mol. The molecule has 0 spiro atoms. The smallest absolute Gasteiger partial charge is 0.407 e. The Kier molecular flexibility index (Phi) is 11.1. The fourth-order valence-corrected chi connectivity index (χ4v) is 3.70. The second-order valence-electron chi connectivity index (χ2n) is 7.43. The molecular formula is C25H33NO7. The van der Waals surface area contributed by atoms with Gasteiger partial charge in [-0.25, -0.2) is 4.79 Å². The summed E-state index contributed by atoms with van der Waals surface area (Å²) < 4.78 is 26.7. The molecule has 0 saturated heterocycles. The summed E-state index contributed by atoms with van der Waals surface area (Å²) in [4.78, 5) is 12.1. The molecule has 0 aromatic heterocycles. The lowest BCUT2D eigenvalue weighted by molar-refractivity contribution is -0.00520. The van der Waals surface area contributed by atoms with E-state index in [1.807, 2.05) is 24.3 Å². The van der Waals surface area contributed by atoms with Crippen LogP contribution in [0.4, 0.5) is 4.79 Å². The molecule has 0 fully saturated rings. The van der Waals surface area contributed by atoms with Crippen molar-refractivity contribution in [1.82, 2.24) is 5.32 Å². The highest BCUT2D eigenvalue weighted by atomic mass is 16.6. The van der Waals surface area contributed by atoms with Gasteiger partial charge in [0.15, 0.2) is 0 Å². The van der Waals surface area contributed by atoms with Crippen molar-refractivity contribution in [1.29, 1.82) is 0 Å². The van der Waals surface area contributed by atoms with Crippen LogP contribution < -0.4 is 5.32 Å². The zero-order valence-electron chi connectivity index (χ0n) is 18.9. The summed E-state index contributed by atoms with van der Waals surface area (Å²) in [6, 6.07) is 16.5. The molecule has 0 saturated carbocycles. The first-order valence-electron chi connectivity index (χ1n) is 11.3. The summed E-state index contributed by atoms with van der Waals surface area (Å²) in [7, 11) is 0. The second kappa shape index (κ2) is 14.6. The van der Waals surface area contributed by atoms with E-state index in [4.69, 9.17) is 28.8 Å². The van der Waals surface area contributed by atoms with Gasteiger partial charge in [0.05, 0.1) is 59.5 Å². The predicted molar refractivity (Wildman–Crippen MR) is 123 cm³/mol. The number of hydrogen-bond donors (Lipinski definition) is 2. The number of aliphatic hydroxyl groups excluding tert-OH is 1. The topological polar surface area (TPSA) is 95.5 Å². The monoisotopic (exact) mass is 459 g/mol. The molecule has 0 aliphatic heterocycles. The number of fused-ring (bicyclic) bond motifs is 3. The zero-order valence-corrected chi connectivity index (χ0v) is 18.9. The Labute approximate surface area is 194 Å². The maximum Gasteiger partial charge on any atom is 0.407 e. The van der Waals surface area contributed by atoms with E-state index < -0.39 is 6.09 Å². The highest BCUT2D eigenvalue weighted by molar-refractivity contribution is 5.79. The molecule has 8 nitrogen and oxygen atoms in total. The molecule has 0 atom stereocenters. The largest absolute Gasteiger partial charge is 0.449 e. The number of carbonyl (C=O) groups is 1. The molecule has 2 aromatic rings. The minimum atomic E-state index is -0.447. The van der Waals surface area contributed by atoms with E-state index >= 15 is 0 Å². The Morgan fingerprint density at radius 3 is 1.76 bits per heavy atom. The van der Waals surface area contributed by atoms with Gasteiger partial charge in [0.1, 0.15) is 6.61 Å². The number of carbonyl (C=O) groups excluding carboxylic acids is 1. The molecule has 0 bridgehead atoms. The average Bonchev–Trinajstić information content (AvgIpc) is 3.16. The second-order valence-corrected chi connectivity index (χ2v) is 7.43. The van der Waals surface area contributed by atoms with Gasteiger partial charge in [0.25, 0.3) is 0 Å². The van der Waals surface area contributed by atoms with Crippen molar-refractivity contribution in [3.63, 3.8) is 0 Å². The molecule has 33 heavy (non-hydrogen) atoms. The van der Waals surface area contributed by atoms with E-state index in [0.717, 1.165) is 0 Å². The fourth-order valence-electron chi connectivity index (χ4n) is 3.70. The van der Waals surface area contributed by atoms with Crippen molar-refractivity contribution in [2.45, 2.75) is 5.92 Å². The molecule has 0 unspecified atom stereocenters. The van der Waals surface area contributed by atoms with E-state index in [1.54, 1.807) is 0 Å². The van der Waals surface area contributed by atoms with Crippen LogP contribution in [-0.4, -0.2) is 83.8 Å². The van der Waals surface area contributed by atoms with Gasteiger partial charge >= 0.3 is 6.09 Å². The van der Waals surface area contributed by atoms with Crippen LogP contribution in [0, 0.1) is 0 Å². The number of benzene rings is 2. The van der Waals surface area contributed by atoms with Crippen molar-refractivity contribution in [2.75, 3.05) is 72.6 Å². The Balaban J connectivity index is 1.21. The number of aliphatic hydroxyl groups is 1. The first-order chi connectivity index (χ1) is 16.3. The minimum absolute atomic E-state index is 0.0182. The first kappa shape index (κ1) is 25.1. The third-order valence-electron chi connectivity index (χ3n) is 5.21. The van der Waals surface area contributed by atoms with Crippen LogP contribution in [0.1, 0.15) is 17.0 Å². The minimum Gasteiger partial charge on any atom is -0.449 e. The summed E-state index contributed by atoms with van der Waals surface area (Å²) in [5.41, 5.74) is 4.79. The number of ether oxygens (including phenoxy) is 5. The molecule has 8 heteroatoms. The third-order valence-corrected chi connectivity index (χ3v) is 5.21. The van der Waals surface area contributed by atoms with E-state index in [2.05, 4.69) is 29.6 Å². The van der Waals surface area contributed by atoms with Crippen molar-refractivity contribution in [3.05, 3.63) is 59.7 Å². The van der Waals surface area contributed by atoms with Crippen molar-refractivity contribution in [3.8, 4) is 11.1 Å². The van der Waals surface area contributed by atoms with Crippen LogP contribution in [0.2, 0.25) is 0 Å². The van der Waals surface area contributed by atoms with Gasteiger partial charge in [-0.3, -0.25) is 0 Å². The quantitative estimate of drug-likeness (QED) is 0.373. The Bertz CT molecular complexity index is 800. The molecular weight excluding hydrogens is 426 g/mol. The summed E-state index contributed by atoms with van der Waals surface area (Å²) in [5.74, 6) is 0.0496. The van der Waals surface area contributed by atoms with Gasteiger partial charge in [-0.05, 0) is 22.3 Å². The Morgan fingerprint density at radius 1 is 0.727 bits per heavy atom. The summed E-state index contributed by atoms with van der Waals surface area (Å²) in [6.45, 7) is 4.16. The van der Waals surface area contributed by atoms with Crippen molar-refractivity contribution < 1.29 is 33.6 Å². The van der Waals surface area contributed by atoms with E-state index in [1.165, 1.54) is 22.3 Å². The highest BCUT2D eigenvalue weighted by Gasteiger charge is 2.28. The normalized spacial score (nSPS) is 12.4. The summed E-state index contributed by atoms with van der Waals surface area (Å²) in [6.07, 6.45) is -0.447. The predicted octanol–water partition coefficient (Wildman–Crippen LogP) is 2.58. The van der Waals surface area contributed by atoms with Crippen molar-refractivity contribution >= 4 is 6.09 Å². The van der Waals surface area contributed by atoms with Crippen LogP contribution in [0.25, 0.3) is 11.1 Å². The number of hydrogen-bond acceptors (Lipinski definition) is 7. The molecule has 1 amide bonds. The number of alkyl carbamates (subject to hydrolysis) is 1. The molecule has 0 radical (unpaired) electrons. The lowest BCUT2D eigenvalue weighted by Gasteiger charge is -2.14. The molecule has 0 heterocycles. The number of rotatable bonds is 16. The van der Waals surface area contributed by atoms with Crippen LogP contribution >= 0.6 is 0 Å².